The quantitative estimate of drug-likeness (QED) is 0.650. The van der Waals surface area contributed by atoms with E-state index >= 15 is 0 Å². The first-order valence-electron chi connectivity index (χ1n) is 6.75. The maximum absolute atomic E-state index is 13.4. The minimum atomic E-state index is -4.66. The molecule has 0 aliphatic heterocycles. The van der Waals surface area contributed by atoms with Crippen molar-refractivity contribution in [3.8, 4) is 16.8 Å². The molecule has 3 rings (SSSR count). The summed E-state index contributed by atoms with van der Waals surface area (Å²) >= 11 is 11.7. The fourth-order valence-electron chi connectivity index (χ4n) is 2.34. The second kappa shape index (κ2) is 6.03. The lowest BCUT2D eigenvalue weighted by Crippen LogP contribution is -2.08. The summed E-state index contributed by atoms with van der Waals surface area (Å²) in [6.45, 7) is 0. The normalized spacial score (nSPS) is 11.7. The Kier molecular flexibility index (Phi) is 4.19. The van der Waals surface area contributed by atoms with Crippen LogP contribution in [0.25, 0.3) is 16.8 Å². The van der Waals surface area contributed by atoms with E-state index < -0.39 is 11.9 Å². The molecule has 0 aliphatic carbocycles. The Morgan fingerprint density at radius 2 is 1.62 bits per heavy atom. The molecule has 1 aromatic heterocycles. The molecule has 3 nitrogen and oxygen atoms in total. The van der Waals surface area contributed by atoms with Gasteiger partial charge in [-0.2, -0.15) is 18.3 Å². The van der Waals surface area contributed by atoms with Gasteiger partial charge in [-0.25, -0.2) is 4.68 Å². The van der Waals surface area contributed by atoms with Crippen LogP contribution in [0.4, 0.5) is 19.0 Å². The van der Waals surface area contributed by atoms with Gasteiger partial charge in [-0.1, -0.05) is 41.4 Å². The molecule has 0 radical (unpaired) electrons. The first-order valence-corrected chi connectivity index (χ1v) is 7.50. The minimum Gasteiger partial charge on any atom is -0.383 e. The smallest absolute Gasteiger partial charge is 0.383 e. The highest BCUT2D eigenvalue weighted by molar-refractivity contribution is 6.31. The molecule has 0 spiro atoms. The number of anilines is 1. The molecule has 3 aromatic rings. The molecule has 0 amide bonds. The van der Waals surface area contributed by atoms with Gasteiger partial charge in [0.15, 0.2) is 5.69 Å². The Hall–Kier alpha value is -2.18. The van der Waals surface area contributed by atoms with Crippen LogP contribution in [-0.2, 0) is 6.18 Å². The fourth-order valence-corrected chi connectivity index (χ4v) is 2.65. The molecule has 2 N–H and O–H groups in total. The van der Waals surface area contributed by atoms with Crippen LogP contribution in [0, 0.1) is 0 Å². The maximum Gasteiger partial charge on any atom is 0.435 e. The van der Waals surface area contributed by atoms with Crippen LogP contribution in [0.1, 0.15) is 5.69 Å². The summed E-state index contributed by atoms with van der Waals surface area (Å²) in [6.07, 6.45) is -4.66. The summed E-state index contributed by atoms with van der Waals surface area (Å²) in [6, 6.07) is 12.2. The first kappa shape index (κ1) is 16.7. The van der Waals surface area contributed by atoms with Gasteiger partial charge in [-0.15, -0.1) is 0 Å². The van der Waals surface area contributed by atoms with Gasteiger partial charge < -0.3 is 5.73 Å². The Morgan fingerprint density at radius 1 is 0.958 bits per heavy atom. The van der Waals surface area contributed by atoms with Gasteiger partial charge >= 0.3 is 6.18 Å². The van der Waals surface area contributed by atoms with Crippen molar-refractivity contribution < 1.29 is 13.2 Å². The van der Waals surface area contributed by atoms with Crippen LogP contribution in [-0.4, -0.2) is 9.78 Å². The molecule has 8 heteroatoms. The lowest BCUT2D eigenvalue weighted by Gasteiger charge is -2.07. The van der Waals surface area contributed by atoms with E-state index in [2.05, 4.69) is 5.10 Å². The zero-order valence-corrected chi connectivity index (χ0v) is 13.5. The number of alkyl halides is 3. The molecule has 24 heavy (non-hydrogen) atoms. The topological polar surface area (TPSA) is 43.8 Å². The van der Waals surface area contributed by atoms with Gasteiger partial charge in [0, 0.05) is 10.0 Å². The number of aromatic nitrogens is 2. The summed E-state index contributed by atoms with van der Waals surface area (Å²) in [5.41, 5.74) is 5.33. The van der Waals surface area contributed by atoms with Crippen molar-refractivity contribution in [2.45, 2.75) is 6.18 Å². The summed E-state index contributed by atoms with van der Waals surface area (Å²) in [5.74, 6) is -0.132. The second-order valence-electron chi connectivity index (χ2n) is 5.01. The predicted octanol–water partition coefficient (Wildman–Crippen LogP) is 5.45. The fraction of sp³-hybridized carbons (Fsp3) is 0.0625. The molecule has 0 fully saturated rings. The molecule has 124 valence electrons. The third kappa shape index (κ3) is 3.07. The molecular weight excluding hydrogens is 362 g/mol. The van der Waals surface area contributed by atoms with E-state index in [4.69, 9.17) is 28.9 Å². The SMILES string of the molecule is Nc1c(-c2ccc(Cl)cc2)c(C(F)(F)F)nn1-c1cccc(Cl)c1. The van der Waals surface area contributed by atoms with E-state index in [-0.39, 0.29) is 16.9 Å². The van der Waals surface area contributed by atoms with Crippen LogP contribution in [0.2, 0.25) is 10.0 Å². The van der Waals surface area contributed by atoms with Crippen LogP contribution in [0.5, 0.6) is 0 Å². The van der Waals surface area contributed by atoms with Crippen molar-refractivity contribution in [1.82, 2.24) is 9.78 Å². The van der Waals surface area contributed by atoms with Gasteiger partial charge in [0.2, 0.25) is 0 Å². The highest BCUT2D eigenvalue weighted by Gasteiger charge is 2.39. The molecule has 2 aromatic carbocycles. The standard InChI is InChI=1S/C16H10Cl2F3N3/c17-10-6-4-9(5-7-10)13-14(16(19,20)21)23-24(15(13)22)12-3-1-2-11(18)8-12/h1-8H,22H2. The van der Waals surface area contributed by atoms with Crippen LogP contribution in [0.15, 0.2) is 48.5 Å². The highest BCUT2D eigenvalue weighted by Crippen LogP contribution is 2.41. The maximum atomic E-state index is 13.4. The average Bonchev–Trinajstić information content (AvgIpc) is 2.86. The van der Waals surface area contributed by atoms with Crippen LogP contribution < -0.4 is 5.73 Å². The van der Waals surface area contributed by atoms with E-state index in [1.807, 2.05) is 0 Å². The van der Waals surface area contributed by atoms with Crippen LogP contribution in [0.3, 0.4) is 0 Å². The van der Waals surface area contributed by atoms with E-state index in [9.17, 15) is 13.2 Å². The summed E-state index contributed by atoms with van der Waals surface area (Å²) < 4.78 is 41.3. The molecule has 0 unspecified atom stereocenters. The van der Waals surface area contributed by atoms with Crippen molar-refractivity contribution in [3.63, 3.8) is 0 Å². The zero-order valence-electron chi connectivity index (χ0n) is 12.0. The van der Waals surface area contributed by atoms with Crippen molar-refractivity contribution in [2.75, 3.05) is 5.73 Å². The minimum absolute atomic E-state index is 0.132. The van der Waals surface area contributed by atoms with E-state index in [0.717, 1.165) is 4.68 Å². The van der Waals surface area contributed by atoms with Gasteiger partial charge in [0.25, 0.3) is 0 Å². The Bertz CT molecular complexity index is 887. The lowest BCUT2D eigenvalue weighted by atomic mass is 10.1. The van der Waals surface area contributed by atoms with E-state index in [1.165, 1.54) is 30.3 Å². The highest BCUT2D eigenvalue weighted by atomic mass is 35.5. The van der Waals surface area contributed by atoms with Crippen LogP contribution >= 0.6 is 23.2 Å². The predicted molar refractivity (Wildman–Crippen MR) is 88.4 cm³/mol. The summed E-state index contributed by atoms with van der Waals surface area (Å²) in [4.78, 5) is 0. The number of hydrogen-bond donors (Lipinski definition) is 1. The number of nitrogens with zero attached hydrogens (tertiary/aromatic N) is 2. The summed E-state index contributed by atoms with van der Waals surface area (Å²) in [5, 5.41) is 4.44. The third-order valence-corrected chi connectivity index (χ3v) is 3.86. The largest absolute Gasteiger partial charge is 0.435 e. The van der Waals surface area contributed by atoms with Gasteiger partial charge in [0.05, 0.1) is 11.3 Å². The monoisotopic (exact) mass is 371 g/mol. The van der Waals surface area contributed by atoms with Gasteiger partial charge in [0.1, 0.15) is 5.82 Å². The Morgan fingerprint density at radius 3 is 2.21 bits per heavy atom. The van der Waals surface area contributed by atoms with Crippen molar-refractivity contribution in [1.29, 1.82) is 0 Å². The number of nitrogens with two attached hydrogens (primary N) is 1. The lowest BCUT2D eigenvalue weighted by molar-refractivity contribution is -0.140. The molecule has 0 bridgehead atoms. The van der Waals surface area contributed by atoms with Crippen molar-refractivity contribution in [3.05, 3.63) is 64.3 Å². The molecule has 0 atom stereocenters. The average molecular weight is 372 g/mol. The zero-order chi connectivity index (χ0) is 17.5. The molecule has 0 saturated carbocycles. The Labute approximate surface area is 145 Å². The molecule has 0 saturated heterocycles. The number of halogens is 5. The Balaban J connectivity index is 2.26. The van der Waals surface area contributed by atoms with Crippen molar-refractivity contribution in [2.24, 2.45) is 0 Å². The summed E-state index contributed by atoms with van der Waals surface area (Å²) in [7, 11) is 0. The first-order chi connectivity index (χ1) is 11.3. The number of rotatable bonds is 2. The van der Waals surface area contributed by atoms with Gasteiger partial charge in [-0.05, 0) is 35.9 Å². The number of hydrogen-bond acceptors (Lipinski definition) is 2. The van der Waals surface area contributed by atoms with E-state index in [0.29, 0.717) is 15.7 Å². The number of benzene rings is 2. The third-order valence-electron chi connectivity index (χ3n) is 3.38. The number of nitrogen functional groups attached to an aromatic ring is 1. The van der Waals surface area contributed by atoms with Crippen molar-refractivity contribution >= 4 is 29.0 Å². The second-order valence-corrected chi connectivity index (χ2v) is 5.88. The molecular formula is C16H10Cl2F3N3. The molecule has 1 heterocycles. The molecule has 0 aliphatic rings. The van der Waals surface area contributed by atoms with E-state index in [1.54, 1.807) is 18.2 Å². The van der Waals surface area contributed by atoms with Gasteiger partial charge in [-0.3, -0.25) is 0 Å².